The molecule has 0 saturated carbocycles. The molecule has 11 heteroatoms. The number of aliphatic hydroxyl groups is 2. The predicted molar refractivity (Wildman–Crippen MR) is 72.9 cm³/mol. The Hall–Kier alpha value is -1.27. The summed E-state index contributed by atoms with van der Waals surface area (Å²) in [4.78, 5) is 22.1. The number of carbonyl (C=O) groups is 2. The maximum absolute atomic E-state index is 11.3. The van der Waals surface area contributed by atoms with E-state index in [-0.39, 0.29) is 6.54 Å². The van der Waals surface area contributed by atoms with Gasteiger partial charge in [0.25, 0.3) is 10.1 Å². The number of hydrogen-bond donors (Lipinski definition) is 4. The van der Waals surface area contributed by atoms with Crippen molar-refractivity contribution in [3.63, 3.8) is 0 Å². The molecule has 4 N–H and O–H groups in total. The van der Waals surface area contributed by atoms with E-state index in [9.17, 15) is 28.2 Å². The van der Waals surface area contributed by atoms with Crippen molar-refractivity contribution in [2.45, 2.75) is 44.5 Å². The van der Waals surface area contributed by atoms with Crippen LogP contribution >= 0.6 is 0 Å². The fourth-order valence-corrected chi connectivity index (χ4v) is 2.69. The van der Waals surface area contributed by atoms with Crippen molar-refractivity contribution in [2.24, 2.45) is 0 Å². The Morgan fingerprint density at radius 1 is 1.23 bits per heavy atom. The van der Waals surface area contributed by atoms with Gasteiger partial charge >= 0.3 is 0 Å². The van der Waals surface area contributed by atoms with E-state index in [1.165, 1.54) is 6.92 Å². The van der Waals surface area contributed by atoms with Gasteiger partial charge in [-0.15, -0.1) is 0 Å². The fourth-order valence-electron chi connectivity index (χ4n) is 2.05. The van der Waals surface area contributed by atoms with Gasteiger partial charge in [0.2, 0.25) is 11.8 Å². The zero-order valence-electron chi connectivity index (χ0n) is 12.3. The summed E-state index contributed by atoms with van der Waals surface area (Å²) in [5, 5.41) is 24.7. The maximum Gasteiger partial charge on any atom is 0.264 e. The molecule has 1 aliphatic heterocycles. The summed E-state index contributed by atoms with van der Waals surface area (Å²) in [5.74, 6) is -0.961. The van der Waals surface area contributed by atoms with Gasteiger partial charge in [-0.1, -0.05) is 0 Å². The summed E-state index contributed by atoms with van der Waals surface area (Å²) >= 11 is 0. The molecule has 128 valence electrons. The first-order valence-electron chi connectivity index (χ1n) is 6.42. The van der Waals surface area contributed by atoms with E-state index in [0.717, 1.165) is 13.2 Å². The van der Waals surface area contributed by atoms with E-state index in [0.29, 0.717) is 0 Å². The first kappa shape index (κ1) is 18.8. The number of hydrogen-bond acceptors (Lipinski definition) is 8. The average molecular weight is 340 g/mol. The molecule has 0 spiro atoms. The number of rotatable bonds is 5. The van der Waals surface area contributed by atoms with Crippen molar-refractivity contribution in [3.8, 4) is 0 Å². The van der Waals surface area contributed by atoms with Crippen LogP contribution < -0.4 is 10.6 Å². The second-order valence-corrected chi connectivity index (χ2v) is 6.58. The maximum atomic E-state index is 11.3. The van der Waals surface area contributed by atoms with Crippen LogP contribution in [0.4, 0.5) is 0 Å². The van der Waals surface area contributed by atoms with Gasteiger partial charge in [0.15, 0.2) is 6.29 Å². The van der Waals surface area contributed by atoms with Crippen molar-refractivity contribution in [3.05, 3.63) is 0 Å². The summed E-state index contributed by atoms with van der Waals surface area (Å²) in [7, 11) is -3.97. The first-order chi connectivity index (χ1) is 10.0. The van der Waals surface area contributed by atoms with E-state index in [4.69, 9.17) is 8.92 Å². The van der Waals surface area contributed by atoms with E-state index >= 15 is 0 Å². The zero-order valence-corrected chi connectivity index (χ0v) is 13.2. The first-order valence-corrected chi connectivity index (χ1v) is 8.24. The van der Waals surface area contributed by atoms with Gasteiger partial charge in [-0.2, -0.15) is 8.42 Å². The molecule has 0 aromatic carbocycles. The highest BCUT2D eigenvalue weighted by Gasteiger charge is 2.47. The SMILES string of the molecule is CC(=O)NC[C@H]1O[C@H](O)[C@H](NC(C)=O)[C@@H](OS(C)(=O)=O)[C@H]1O. The van der Waals surface area contributed by atoms with E-state index in [1.807, 2.05) is 0 Å². The summed E-state index contributed by atoms with van der Waals surface area (Å²) in [6.45, 7) is 2.24. The number of carbonyl (C=O) groups excluding carboxylic acids is 2. The highest BCUT2D eigenvalue weighted by atomic mass is 32.2. The van der Waals surface area contributed by atoms with Crippen molar-refractivity contribution in [1.29, 1.82) is 0 Å². The third-order valence-corrected chi connectivity index (χ3v) is 3.47. The van der Waals surface area contributed by atoms with Gasteiger partial charge in [0.1, 0.15) is 24.4 Å². The van der Waals surface area contributed by atoms with E-state index in [1.54, 1.807) is 0 Å². The highest BCUT2D eigenvalue weighted by Crippen LogP contribution is 2.23. The van der Waals surface area contributed by atoms with Crippen LogP contribution in [0.2, 0.25) is 0 Å². The van der Waals surface area contributed by atoms with Crippen LogP contribution in [-0.2, 0) is 28.6 Å². The Kier molecular flexibility index (Phi) is 6.26. The third kappa shape index (κ3) is 5.50. The molecule has 10 nitrogen and oxygen atoms in total. The predicted octanol–water partition coefficient (Wildman–Crippen LogP) is -2.95. The fraction of sp³-hybridized carbons (Fsp3) is 0.818. The summed E-state index contributed by atoms with van der Waals surface area (Å²) in [6.07, 6.45) is -4.90. The molecule has 0 radical (unpaired) electrons. The molecule has 1 fully saturated rings. The van der Waals surface area contributed by atoms with Crippen LogP contribution in [0.1, 0.15) is 13.8 Å². The molecular weight excluding hydrogens is 320 g/mol. The third-order valence-electron chi connectivity index (χ3n) is 2.90. The summed E-state index contributed by atoms with van der Waals surface area (Å²) in [5.41, 5.74) is 0. The highest BCUT2D eigenvalue weighted by molar-refractivity contribution is 7.86. The van der Waals surface area contributed by atoms with Gasteiger partial charge in [-0.3, -0.25) is 13.8 Å². The van der Waals surface area contributed by atoms with Gasteiger partial charge in [-0.05, 0) is 0 Å². The average Bonchev–Trinajstić information content (AvgIpc) is 2.34. The van der Waals surface area contributed by atoms with Crippen molar-refractivity contribution >= 4 is 21.9 Å². The van der Waals surface area contributed by atoms with Crippen molar-refractivity contribution in [2.75, 3.05) is 12.8 Å². The van der Waals surface area contributed by atoms with Crippen molar-refractivity contribution < 1.29 is 37.1 Å². The monoisotopic (exact) mass is 340 g/mol. The molecular formula is C11H20N2O8S. The van der Waals surface area contributed by atoms with Gasteiger partial charge in [0.05, 0.1) is 6.26 Å². The molecule has 0 bridgehead atoms. The lowest BCUT2D eigenvalue weighted by molar-refractivity contribution is -0.240. The minimum atomic E-state index is -3.97. The molecule has 1 rings (SSSR count). The van der Waals surface area contributed by atoms with Gasteiger partial charge in [0, 0.05) is 20.4 Å². The molecule has 22 heavy (non-hydrogen) atoms. The zero-order chi connectivity index (χ0) is 17.1. The molecule has 0 aromatic heterocycles. The minimum absolute atomic E-state index is 0.163. The number of aliphatic hydroxyl groups excluding tert-OH is 2. The van der Waals surface area contributed by atoms with Crippen LogP contribution in [0.5, 0.6) is 0 Å². The van der Waals surface area contributed by atoms with Crippen LogP contribution in [0.15, 0.2) is 0 Å². The number of amides is 2. The van der Waals surface area contributed by atoms with Gasteiger partial charge in [-0.25, -0.2) is 0 Å². The summed E-state index contributed by atoms with van der Waals surface area (Å²) < 4.78 is 32.5. The second kappa shape index (κ2) is 7.33. The standard InChI is InChI=1S/C11H20N2O8S/c1-5(14)12-4-7-9(16)10(21-22(3,18)19)8(11(17)20-7)13-6(2)15/h7-11,16-17H,4H2,1-3H3,(H,12,14)(H,13,15)/t7-,8-,9+,10-,11+/m1/s1. The Morgan fingerprint density at radius 2 is 1.82 bits per heavy atom. The molecule has 0 aromatic rings. The smallest absolute Gasteiger partial charge is 0.264 e. The Bertz CT molecular complexity index is 522. The lowest BCUT2D eigenvalue weighted by Gasteiger charge is -2.42. The molecule has 1 aliphatic rings. The Labute approximate surface area is 127 Å². The van der Waals surface area contributed by atoms with Crippen molar-refractivity contribution in [1.82, 2.24) is 10.6 Å². The Morgan fingerprint density at radius 3 is 2.27 bits per heavy atom. The lowest BCUT2D eigenvalue weighted by atomic mass is 9.96. The normalized spacial score (nSPS) is 32.3. The minimum Gasteiger partial charge on any atom is -0.387 e. The second-order valence-electron chi connectivity index (χ2n) is 4.98. The van der Waals surface area contributed by atoms with Crippen LogP contribution in [0, 0.1) is 0 Å². The molecule has 0 unspecified atom stereocenters. The topological polar surface area (TPSA) is 151 Å². The number of ether oxygens (including phenoxy) is 1. The van der Waals surface area contributed by atoms with E-state index < -0.39 is 52.6 Å². The molecule has 1 saturated heterocycles. The van der Waals surface area contributed by atoms with Gasteiger partial charge < -0.3 is 25.6 Å². The summed E-state index contributed by atoms with van der Waals surface area (Å²) in [6, 6.07) is -1.28. The van der Waals surface area contributed by atoms with E-state index in [2.05, 4.69) is 10.6 Å². The number of nitrogens with one attached hydrogen (secondary N) is 2. The molecule has 2 amide bonds. The molecule has 5 atom stereocenters. The van der Waals surface area contributed by atoms with Crippen LogP contribution in [0.3, 0.4) is 0 Å². The Balaban J connectivity index is 2.97. The largest absolute Gasteiger partial charge is 0.387 e. The van der Waals surface area contributed by atoms with Crippen LogP contribution in [-0.4, -0.2) is 73.9 Å². The molecule has 0 aliphatic carbocycles. The lowest BCUT2D eigenvalue weighted by Crippen LogP contribution is -2.65. The van der Waals surface area contributed by atoms with Crippen LogP contribution in [0.25, 0.3) is 0 Å². The molecule has 1 heterocycles. The quantitative estimate of drug-likeness (QED) is 0.388.